The van der Waals surface area contributed by atoms with Crippen molar-refractivity contribution < 1.29 is 36.6 Å². The molecule has 0 aliphatic heterocycles. The topological polar surface area (TPSA) is 69.6 Å². The number of nitrogens with zero attached hydrogens (tertiary/aromatic N) is 1. The summed E-state index contributed by atoms with van der Waals surface area (Å²) in [5.74, 6) is -5.34. The number of likely N-dealkylation sites (N-methyl/N-ethyl adjacent to an activating group) is 1. The van der Waals surface area contributed by atoms with Crippen molar-refractivity contribution in [1.82, 2.24) is 4.90 Å². The summed E-state index contributed by atoms with van der Waals surface area (Å²) in [7, 11) is 0.828. The summed E-state index contributed by atoms with van der Waals surface area (Å²) >= 11 is 0. The van der Waals surface area contributed by atoms with Crippen LogP contribution in [-0.2, 0) is 9.59 Å². The van der Waals surface area contributed by atoms with Crippen molar-refractivity contribution in [3.63, 3.8) is 0 Å². The predicted molar refractivity (Wildman–Crippen MR) is 64.7 cm³/mol. The number of hydrogen-bond donors (Lipinski definition) is 2. The normalized spacial score (nSPS) is 12.7. The van der Waals surface area contributed by atoms with Gasteiger partial charge in [0.2, 0.25) is 0 Å². The van der Waals surface area contributed by atoms with Crippen molar-refractivity contribution >= 4 is 17.5 Å². The first-order valence-electron chi connectivity index (χ1n) is 5.79. The molecular weight excluding hydrogens is 315 g/mol. The number of carbonyl (C=O) groups excluding carboxylic acids is 2. The first kappa shape index (κ1) is 17.8. The molecule has 1 aromatic carbocycles. The van der Waals surface area contributed by atoms with E-state index in [4.69, 9.17) is 5.11 Å². The number of amides is 2. The zero-order valence-electron chi connectivity index (χ0n) is 11.1. The molecule has 1 rings (SSSR count). The third-order valence-electron chi connectivity index (χ3n) is 2.57. The molecule has 0 aliphatic carbocycles. The lowest BCUT2D eigenvalue weighted by Gasteiger charge is -2.22. The Labute approximate surface area is 121 Å². The molecule has 5 nitrogen and oxygen atoms in total. The SMILES string of the molecule is CN(C[C@@H](O)C(F)(F)F)C(=O)C(=O)Nc1c(F)cccc1F. The van der Waals surface area contributed by atoms with Gasteiger partial charge in [-0.1, -0.05) is 6.07 Å². The first-order valence-corrected chi connectivity index (χ1v) is 5.79. The smallest absolute Gasteiger partial charge is 0.382 e. The zero-order valence-corrected chi connectivity index (χ0v) is 11.1. The van der Waals surface area contributed by atoms with Crippen LogP contribution in [0.2, 0.25) is 0 Å². The van der Waals surface area contributed by atoms with Crippen LogP contribution in [0.1, 0.15) is 0 Å². The van der Waals surface area contributed by atoms with Gasteiger partial charge in [0, 0.05) is 7.05 Å². The number of benzene rings is 1. The lowest BCUT2D eigenvalue weighted by atomic mass is 10.2. The van der Waals surface area contributed by atoms with E-state index in [9.17, 15) is 31.5 Å². The number of aliphatic hydroxyl groups is 1. The van der Waals surface area contributed by atoms with E-state index in [1.165, 1.54) is 0 Å². The van der Waals surface area contributed by atoms with Gasteiger partial charge >= 0.3 is 18.0 Å². The highest BCUT2D eigenvalue weighted by atomic mass is 19.4. The molecule has 0 heterocycles. The van der Waals surface area contributed by atoms with Crippen LogP contribution in [0.4, 0.5) is 27.6 Å². The quantitative estimate of drug-likeness (QED) is 0.649. The lowest BCUT2D eigenvalue weighted by Crippen LogP contribution is -2.45. The van der Waals surface area contributed by atoms with Gasteiger partial charge in [0.15, 0.2) is 6.10 Å². The number of nitrogens with one attached hydrogen (secondary N) is 1. The van der Waals surface area contributed by atoms with Crippen molar-refractivity contribution in [1.29, 1.82) is 0 Å². The molecule has 0 spiro atoms. The van der Waals surface area contributed by atoms with Crippen LogP contribution in [-0.4, -0.2) is 47.7 Å². The third kappa shape index (κ3) is 4.38. The summed E-state index contributed by atoms with van der Waals surface area (Å²) in [4.78, 5) is 23.3. The van der Waals surface area contributed by atoms with E-state index in [1.807, 2.05) is 0 Å². The van der Waals surface area contributed by atoms with Crippen molar-refractivity contribution in [3.05, 3.63) is 29.8 Å². The minimum Gasteiger partial charge on any atom is -0.382 e. The van der Waals surface area contributed by atoms with Gasteiger partial charge in [-0.25, -0.2) is 8.78 Å². The average molecular weight is 326 g/mol. The van der Waals surface area contributed by atoms with E-state index < -0.39 is 48.0 Å². The molecule has 1 aromatic rings. The molecule has 0 bridgehead atoms. The molecular formula is C12H11F5N2O3. The van der Waals surface area contributed by atoms with Gasteiger partial charge in [0.25, 0.3) is 0 Å². The molecule has 22 heavy (non-hydrogen) atoms. The number of carbonyl (C=O) groups is 2. The Morgan fingerprint density at radius 1 is 1.27 bits per heavy atom. The number of hydrogen-bond acceptors (Lipinski definition) is 3. The lowest BCUT2D eigenvalue weighted by molar-refractivity contribution is -0.207. The Hall–Kier alpha value is -2.23. The first-order chi connectivity index (χ1) is 10.0. The van der Waals surface area contributed by atoms with Crippen LogP contribution in [0.15, 0.2) is 18.2 Å². The van der Waals surface area contributed by atoms with Crippen LogP contribution in [0.5, 0.6) is 0 Å². The van der Waals surface area contributed by atoms with Crippen LogP contribution in [0.3, 0.4) is 0 Å². The molecule has 2 N–H and O–H groups in total. The van der Waals surface area contributed by atoms with Gasteiger partial charge in [0.1, 0.15) is 17.3 Å². The van der Waals surface area contributed by atoms with Gasteiger partial charge < -0.3 is 15.3 Å². The number of rotatable bonds is 3. The van der Waals surface area contributed by atoms with Gasteiger partial charge in [0.05, 0.1) is 6.54 Å². The number of anilines is 1. The summed E-state index contributed by atoms with van der Waals surface area (Å²) in [6.07, 6.45) is -7.82. The maximum atomic E-state index is 13.3. The molecule has 122 valence electrons. The monoisotopic (exact) mass is 326 g/mol. The molecule has 2 amide bonds. The van der Waals surface area contributed by atoms with E-state index in [-0.39, 0.29) is 4.90 Å². The largest absolute Gasteiger partial charge is 0.416 e. The molecule has 0 aliphatic rings. The second-order valence-electron chi connectivity index (χ2n) is 4.29. The van der Waals surface area contributed by atoms with Gasteiger partial charge in [-0.2, -0.15) is 13.2 Å². The Morgan fingerprint density at radius 3 is 2.23 bits per heavy atom. The molecule has 1 atom stereocenters. The zero-order chi connectivity index (χ0) is 17.1. The summed E-state index contributed by atoms with van der Waals surface area (Å²) in [6, 6.07) is 2.66. The summed E-state index contributed by atoms with van der Waals surface area (Å²) < 4.78 is 63.0. The highest BCUT2D eigenvalue weighted by molar-refractivity contribution is 6.39. The Bertz CT molecular complexity index is 556. The van der Waals surface area contributed by atoms with E-state index in [0.717, 1.165) is 25.2 Å². The van der Waals surface area contributed by atoms with Crippen LogP contribution >= 0.6 is 0 Å². The fourth-order valence-corrected chi connectivity index (χ4v) is 1.40. The third-order valence-corrected chi connectivity index (χ3v) is 2.57. The summed E-state index contributed by atoms with van der Waals surface area (Å²) in [6.45, 7) is -1.20. The van der Waals surface area contributed by atoms with Crippen molar-refractivity contribution in [2.45, 2.75) is 12.3 Å². The predicted octanol–water partition coefficient (Wildman–Crippen LogP) is 1.28. The highest BCUT2D eigenvalue weighted by Crippen LogP contribution is 2.21. The van der Waals surface area contributed by atoms with Gasteiger partial charge in [-0.15, -0.1) is 0 Å². The maximum Gasteiger partial charge on any atom is 0.416 e. The van der Waals surface area contributed by atoms with E-state index in [1.54, 1.807) is 5.32 Å². The summed E-state index contributed by atoms with van der Waals surface area (Å²) in [5.41, 5.74) is -0.898. The maximum absolute atomic E-state index is 13.3. The second kappa shape index (κ2) is 6.69. The standard InChI is InChI=1S/C12H11F5N2O3/c1-19(5-8(20)12(15,16)17)11(22)10(21)18-9-6(13)3-2-4-7(9)14/h2-4,8,20H,5H2,1H3,(H,18,21)/t8-/m1/s1. The number of alkyl halides is 3. The van der Waals surface area contributed by atoms with E-state index in [0.29, 0.717) is 0 Å². The second-order valence-corrected chi connectivity index (χ2v) is 4.29. The van der Waals surface area contributed by atoms with Crippen LogP contribution < -0.4 is 5.32 Å². The van der Waals surface area contributed by atoms with E-state index in [2.05, 4.69) is 0 Å². The number of aliphatic hydroxyl groups excluding tert-OH is 1. The molecule has 0 unspecified atom stereocenters. The Morgan fingerprint density at radius 2 is 1.77 bits per heavy atom. The molecule has 0 aromatic heterocycles. The minimum absolute atomic E-state index is 0.284. The Kier molecular flexibility index (Phi) is 5.42. The number of halogens is 5. The van der Waals surface area contributed by atoms with Gasteiger partial charge in [-0.05, 0) is 12.1 Å². The molecule has 0 radical (unpaired) electrons. The highest BCUT2D eigenvalue weighted by Gasteiger charge is 2.40. The van der Waals surface area contributed by atoms with Crippen molar-refractivity contribution in [3.8, 4) is 0 Å². The van der Waals surface area contributed by atoms with E-state index >= 15 is 0 Å². The molecule has 0 saturated carbocycles. The summed E-state index contributed by atoms with van der Waals surface area (Å²) in [5, 5.41) is 10.4. The minimum atomic E-state index is -4.97. The Balaban J connectivity index is 2.75. The van der Waals surface area contributed by atoms with Crippen LogP contribution in [0, 0.1) is 11.6 Å². The average Bonchev–Trinajstić information content (AvgIpc) is 2.40. The van der Waals surface area contributed by atoms with Gasteiger partial charge in [-0.3, -0.25) is 9.59 Å². The fourth-order valence-electron chi connectivity index (χ4n) is 1.40. The number of para-hydroxylation sites is 1. The molecule has 0 fully saturated rings. The van der Waals surface area contributed by atoms with Crippen molar-refractivity contribution in [2.24, 2.45) is 0 Å². The van der Waals surface area contributed by atoms with Crippen molar-refractivity contribution in [2.75, 3.05) is 18.9 Å². The van der Waals surface area contributed by atoms with Crippen LogP contribution in [0.25, 0.3) is 0 Å². The molecule has 10 heteroatoms. The molecule has 0 saturated heterocycles. The fraction of sp³-hybridized carbons (Fsp3) is 0.333.